The molecule has 0 atom stereocenters. The van der Waals surface area contributed by atoms with Gasteiger partial charge in [-0.3, -0.25) is 4.72 Å². The number of aromatic nitrogens is 1. The van der Waals surface area contributed by atoms with Crippen molar-refractivity contribution in [3.8, 4) is 5.75 Å². The second-order valence-corrected chi connectivity index (χ2v) is 7.81. The maximum absolute atomic E-state index is 12.6. The van der Waals surface area contributed by atoms with Crippen molar-refractivity contribution in [1.82, 2.24) is 4.98 Å². The van der Waals surface area contributed by atoms with E-state index in [4.69, 9.17) is 4.74 Å². The van der Waals surface area contributed by atoms with E-state index in [9.17, 15) is 8.42 Å². The highest BCUT2D eigenvalue weighted by Gasteiger charge is 2.18. The Morgan fingerprint density at radius 3 is 2.22 bits per heavy atom. The van der Waals surface area contributed by atoms with Gasteiger partial charge in [0.2, 0.25) is 0 Å². The van der Waals surface area contributed by atoms with Gasteiger partial charge in [-0.2, -0.15) is 0 Å². The van der Waals surface area contributed by atoms with Crippen LogP contribution in [0.2, 0.25) is 0 Å². The summed E-state index contributed by atoms with van der Waals surface area (Å²) in [4.78, 5) is 4.38. The Morgan fingerprint density at radius 1 is 0.926 bits per heavy atom. The molecule has 2 aromatic carbocycles. The zero-order valence-corrected chi connectivity index (χ0v) is 16.2. The van der Waals surface area contributed by atoms with E-state index < -0.39 is 10.0 Å². The van der Waals surface area contributed by atoms with Crippen LogP contribution >= 0.6 is 0 Å². The van der Waals surface area contributed by atoms with Gasteiger partial charge < -0.3 is 10.1 Å². The van der Waals surface area contributed by atoms with E-state index in [0.29, 0.717) is 11.3 Å². The topological polar surface area (TPSA) is 80.3 Å². The van der Waals surface area contributed by atoms with E-state index in [2.05, 4.69) is 15.0 Å². The number of ether oxygens (including phenoxy) is 1. The minimum Gasteiger partial charge on any atom is -0.497 e. The maximum atomic E-state index is 12.6. The fraction of sp³-hybridized carbons (Fsp3) is 0.150. The van der Waals surface area contributed by atoms with Crippen LogP contribution in [0.1, 0.15) is 11.1 Å². The number of hydrogen-bond donors (Lipinski definition) is 2. The molecule has 140 valence electrons. The fourth-order valence-corrected chi connectivity index (χ4v) is 3.81. The molecule has 1 heterocycles. The monoisotopic (exact) mass is 383 g/mol. The van der Waals surface area contributed by atoms with Crippen molar-refractivity contribution < 1.29 is 13.2 Å². The summed E-state index contributed by atoms with van der Waals surface area (Å²) in [5.74, 6) is 0.857. The number of hydrogen-bond acceptors (Lipinski definition) is 5. The third-order valence-electron chi connectivity index (χ3n) is 4.01. The molecule has 0 amide bonds. The molecule has 0 aliphatic carbocycles. The molecule has 0 aliphatic heterocycles. The van der Waals surface area contributed by atoms with E-state index in [1.165, 1.54) is 18.7 Å². The number of pyridine rings is 1. The van der Waals surface area contributed by atoms with Gasteiger partial charge in [0.05, 0.1) is 23.9 Å². The molecule has 0 bridgehead atoms. The van der Waals surface area contributed by atoms with Crippen molar-refractivity contribution in [2.75, 3.05) is 17.1 Å². The van der Waals surface area contributed by atoms with Crippen LogP contribution < -0.4 is 14.8 Å². The minimum atomic E-state index is -3.73. The van der Waals surface area contributed by atoms with Gasteiger partial charge >= 0.3 is 0 Å². The van der Waals surface area contributed by atoms with E-state index in [1.807, 2.05) is 31.2 Å². The molecule has 3 aromatic rings. The summed E-state index contributed by atoms with van der Waals surface area (Å²) in [6.07, 6.45) is 1.58. The van der Waals surface area contributed by atoms with Crippen LogP contribution in [0.25, 0.3) is 0 Å². The van der Waals surface area contributed by atoms with Crippen LogP contribution in [0.15, 0.2) is 65.7 Å². The molecule has 0 fully saturated rings. The normalized spacial score (nSPS) is 11.1. The number of nitrogens with one attached hydrogen (secondary N) is 2. The first-order valence-corrected chi connectivity index (χ1v) is 9.83. The first-order chi connectivity index (χ1) is 12.9. The molecule has 0 spiro atoms. The van der Waals surface area contributed by atoms with Crippen molar-refractivity contribution in [3.05, 3.63) is 71.9 Å². The van der Waals surface area contributed by atoms with Crippen molar-refractivity contribution >= 4 is 27.2 Å². The number of benzene rings is 2. The molecule has 7 heteroatoms. The molecule has 27 heavy (non-hydrogen) atoms. The van der Waals surface area contributed by atoms with Crippen LogP contribution in [0.3, 0.4) is 0 Å². The molecule has 0 saturated heterocycles. The molecule has 3 rings (SSSR count). The Hall–Kier alpha value is -3.06. The molecule has 2 N–H and O–H groups in total. The molecule has 0 unspecified atom stereocenters. The summed E-state index contributed by atoms with van der Waals surface area (Å²) < 4.78 is 32.9. The minimum absolute atomic E-state index is 0.187. The summed E-state index contributed by atoms with van der Waals surface area (Å²) in [7, 11) is -2.19. The lowest BCUT2D eigenvalue weighted by Gasteiger charge is -2.12. The van der Waals surface area contributed by atoms with Crippen molar-refractivity contribution in [2.24, 2.45) is 0 Å². The van der Waals surface area contributed by atoms with Crippen molar-refractivity contribution in [2.45, 2.75) is 18.7 Å². The van der Waals surface area contributed by atoms with Crippen molar-refractivity contribution in [3.63, 3.8) is 0 Å². The van der Waals surface area contributed by atoms with Crippen LogP contribution in [0.5, 0.6) is 5.75 Å². The Labute approximate surface area is 159 Å². The third kappa shape index (κ3) is 4.57. The van der Waals surface area contributed by atoms with Gasteiger partial charge in [-0.25, -0.2) is 13.4 Å². The lowest BCUT2D eigenvalue weighted by Crippen LogP contribution is -2.15. The largest absolute Gasteiger partial charge is 0.497 e. The van der Waals surface area contributed by atoms with Gasteiger partial charge in [0, 0.05) is 5.69 Å². The van der Waals surface area contributed by atoms with E-state index in [0.717, 1.165) is 11.4 Å². The predicted molar refractivity (Wildman–Crippen MR) is 107 cm³/mol. The molecule has 0 saturated carbocycles. The van der Waals surface area contributed by atoms with E-state index in [-0.39, 0.29) is 10.7 Å². The highest BCUT2D eigenvalue weighted by Crippen LogP contribution is 2.23. The lowest BCUT2D eigenvalue weighted by molar-refractivity contribution is 0.414. The molecule has 0 radical (unpaired) electrons. The summed E-state index contributed by atoms with van der Waals surface area (Å²) >= 11 is 0. The summed E-state index contributed by atoms with van der Waals surface area (Å²) in [6.45, 7) is 3.75. The fourth-order valence-electron chi connectivity index (χ4n) is 2.57. The number of rotatable bonds is 6. The quantitative estimate of drug-likeness (QED) is 0.665. The van der Waals surface area contributed by atoms with Gasteiger partial charge in [-0.15, -0.1) is 0 Å². The first-order valence-electron chi connectivity index (χ1n) is 8.34. The number of aryl methyl sites for hydroxylation is 2. The Kier molecular flexibility index (Phi) is 5.32. The Bertz CT molecular complexity index is 1030. The molecule has 6 nitrogen and oxygen atoms in total. The SMILES string of the molecule is COc1ccc(S(=O)(=O)Nc2ccc(Nc3ccc(C)cc3)cn2)c(C)c1. The summed E-state index contributed by atoms with van der Waals surface area (Å²) in [5.41, 5.74) is 3.48. The van der Waals surface area contributed by atoms with Crippen LogP contribution in [0, 0.1) is 13.8 Å². The average Bonchev–Trinajstić information content (AvgIpc) is 2.64. The number of nitrogens with zero attached hydrogens (tertiary/aromatic N) is 1. The smallest absolute Gasteiger partial charge is 0.263 e. The zero-order chi connectivity index (χ0) is 19.4. The standard InChI is InChI=1S/C20H21N3O3S/c1-14-4-6-16(7-5-14)22-17-8-11-20(21-13-17)23-27(24,25)19-10-9-18(26-3)12-15(19)2/h4-13,22H,1-3H3,(H,21,23). The van der Waals surface area contributed by atoms with Gasteiger partial charge in [-0.05, 0) is 61.9 Å². The third-order valence-corrected chi connectivity index (χ3v) is 5.53. The summed E-state index contributed by atoms with van der Waals surface area (Å²) in [6, 6.07) is 16.2. The first kappa shape index (κ1) is 18.7. The zero-order valence-electron chi connectivity index (χ0n) is 15.4. The molecular weight excluding hydrogens is 362 g/mol. The highest BCUT2D eigenvalue weighted by atomic mass is 32.2. The van der Waals surface area contributed by atoms with Gasteiger partial charge in [0.1, 0.15) is 11.6 Å². The molecular formula is C20H21N3O3S. The van der Waals surface area contributed by atoms with Gasteiger partial charge in [0.25, 0.3) is 10.0 Å². The molecule has 1 aromatic heterocycles. The number of anilines is 3. The van der Waals surface area contributed by atoms with Crippen LogP contribution in [-0.4, -0.2) is 20.5 Å². The Morgan fingerprint density at radius 2 is 1.63 bits per heavy atom. The van der Waals surface area contributed by atoms with Crippen molar-refractivity contribution in [1.29, 1.82) is 0 Å². The average molecular weight is 383 g/mol. The lowest BCUT2D eigenvalue weighted by atomic mass is 10.2. The highest BCUT2D eigenvalue weighted by molar-refractivity contribution is 7.92. The van der Waals surface area contributed by atoms with E-state index in [1.54, 1.807) is 37.4 Å². The second-order valence-electron chi connectivity index (χ2n) is 6.16. The summed E-state index contributed by atoms with van der Waals surface area (Å²) in [5, 5.41) is 3.22. The maximum Gasteiger partial charge on any atom is 0.263 e. The number of methoxy groups -OCH3 is 1. The number of sulfonamides is 1. The van der Waals surface area contributed by atoms with Crippen LogP contribution in [-0.2, 0) is 10.0 Å². The van der Waals surface area contributed by atoms with Crippen LogP contribution in [0.4, 0.5) is 17.2 Å². The van der Waals surface area contributed by atoms with E-state index >= 15 is 0 Å². The van der Waals surface area contributed by atoms with Gasteiger partial charge in [0.15, 0.2) is 0 Å². The second kappa shape index (κ2) is 7.67. The molecule has 0 aliphatic rings. The predicted octanol–water partition coefficient (Wildman–Crippen LogP) is 4.25. The Balaban J connectivity index is 1.74. The van der Waals surface area contributed by atoms with Gasteiger partial charge in [-0.1, -0.05) is 17.7 Å².